The summed E-state index contributed by atoms with van der Waals surface area (Å²) in [5.41, 5.74) is 2.31. The lowest BCUT2D eigenvalue weighted by atomic mass is 10.1. The fourth-order valence-corrected chi connectivity index (χ4v) is 2.56. The van der Waals surface area contributed by atoms with Crippen LogP contribution >= 0.6 is 0 Å². The summed E-state index contributed by atoms with van der Waals surface area (Å²) < 4.78 is 7.10. The van der Waals surface area contributed by atoms with Gasteiger partial charge in [-0.1, -0.05) is 24.3 Å². The van der Waals surface area contributed by atoms with Gasteiger partial charge in [-0.05, 0) is 60.5 Å². The van der Waals surface area contributed by atoms with Crippen molar-refractivity contribution in [2.24, 2.45) is 0 Å². The molecule has 0 saturated carbocycles. The maximum atomic E-state index is 12.5. The minimum atomic E-state index is -0.157. The highest BCUT2D eigenvalue weighted by atomic mass is 16.5. The zero-order valence-corrected chi connectivity index (χ0v) is 14.8. The topological polar surface area (TPSA) is 81.9 Å². The monoisotopic (exact) mass is 351 g/mol. The molecule has 7 heteroatoms. The van der Waals surface area contributed by atoms with E-state index in [9.17, 15) is 4.79 Å². The van der Waals surface area contributed by atoms with E-state index in [0.717, 1.165) is 17.7 Å². The van der Waals surface area contributed by atoms with E-state index >= 15 is 0 Å². The number of rotatable bonds is 7. The van der Waals surface area contributed by atoms with E-state index in [-0.39, 0.29) is 12.0 Å². The first-order valence-corrected chi connectivity index (χ1v) is 8.49. The van der Waals surface area contributed by atoms with Gasteiger partial charge in [0, 0.05) is 6.54 Å². The van der Waals surface area contributed by atoms with Crippen LogP contribution in [0.25, 0.3) is 5.69 Å². The smallest absolute Gasteiger partial charge is 0.253 e. The van der Waals surface area contributed by atoms with Crippen LogP contribution in [-0.2, 0) is 6.42 Å². The molecule has 2 aromatic carbocycles. The Hall–Kier alpha value is -3.22. The summed E-state index contributed by atoms with van der Waals surface area (Å²) in [6.45, 7) is 4.53. The molecule has 134 valence electrons. The fraction of sp³-hybridized carbons (Fsp3) is 0.263. The lowest BCUT2D eigenvalue weighted by Crippen LogP contribution is -2.26. The van der Waals surface area contributed by atoms with Gasteiger partial charge in [0.05, 0.1) is 17.4 Å². The van der Waals surface area contributed by atoms with E-state index in [1.54, 1.807) is 12.1 Å². The van der Waals surface area contributed by atoms with Gasteiger partial charge in [0.15, 0.2) is 0 Å². The SMILES string of the molecule is CC(C)Oc1ccc(CCNC(=O)c2ccccc2-n2cnnn2)cc1. The van der Waals surface area contributed by atoms with Crippen molar-refractivity contribution in [2.75, 3.05) is 6.54 Å². The number of carbonyl (C=O) groups excluding carboxylic acids is 1. The summed E-state index contributed by atoms with van der Waals surface area (Å²) >= 11 is 0. The minimum absolute atomic E-state index is 0.153. The van der Waals surface area contributed by atoms with Crippen molar-refractivity contribution in [3.05, 3.63) is 66.0 Å². The van der Waals surface area contributed by atoms with Gasteiger partial charge in [0.25, 0.3) is 5.91 Å². The van der Waals surface area contributed by atoms with Crippen LogP contribution in [0, 0.1) is 0 Å². The molecule has 0 aliphatic carbocycles. The molecule has 0 atom stereocenters. The fourth-order valence-electron chi connectivity index (χ4n) is 2.56. The molecule has 3 aromatic rings. The van der Waals surface area contributed by atoms with Crippen molar-refractivity contribution >= 4 is 5.91 Å². The molecule has 0 aliphatic rings. The van der Waals surface area contributed by atoms with Crippen LogP contribution in [0.4, 0.5) is 0 Å². The van der Waals surface area contributed by atoms with E-state index in [4.69, 9.17) is 4.74 Å². The van der Waals surface area contributed by atoms with Crippen LogP contribution in [0.2, 0.25) is 0 Å². The molecule has 0 radical (unpaired) electrons. The summed E-state index contributed by atoms with van der Waals surface area (Å²) in [6.07, 6.45) is 2.36. The van der Waals surface area contributed by atoms with Gasteiger partial charge in [0.2, 0.25) is 0 Å². The number of hydrogen-bond acceptors (Lipinski definition) is 5. The molecular weight excluding hydrogens is 330 g/mol. The Bertz CT molecular complexity index is 845. The zero-order valence-electron chi connectivity index (χ0n) is 14.8. The predicted molar refractivity (Wildman–Crippen MR) is 97.4 cm³/mol. The van der Waals surface area contributed by atoms with Crippen molar-refractivity contribution in [3.8, 4) is 11.4 Å². The Morgan fingerprint density at radius 1 is 1.15 bits per heavy atom. The second-order valence-corrected chi connectivity index (χ2v) is 6.09. The number of ether oxygens (including phenoxy) is 1. The van der Waals surface area contributed by atoms with Gasteiger partial charge in [0.1, 0.15) is 12.1 Å². The second-order valence-electron chi connectivity index (χ2n) is 6.09. The van der Waals surface area contributed by atoms with E-state index < -0.39 is 0 Å². The van der Waals surface area contributed by atoms with Crippen LogP contribution in [0.1, 0.15) is 29.8 Å². The summed E-state index contributed by atoms with van der Waals surface area (Å²) in [5, 5.41) is 14.0. The van der Waals surface area contributed by atoms with E-state index in [1.807, 2.05) is 50.2 Å². The van der Waals surface area contributed by atoms with Crippen LogP contribution in [-0.4, -0.2) is 38.8 Å². The van der Waals surface area contributed by atoms with E-state index in [1.165, 1.54) is 11.0 Å². The molecule has 0 bridgehead atoms. The molecule has 0 spiro atoms. The number of aromatic nitrogens is 4. The molecular formula is C19H21N5O2. The average Bonchev–Trinajstić information content (AvgIpc) is 3.17. The molecule has 26 heavy (non-hydrogen) atoms. The van der Waals surface area contributed by atoms with Crippen LogP contribution in [0.15, 0.2) is 54.9 Å². The standard InChI is InChI=1S/C19H21N5O2/c1-14(2)26-16-9-7-15(8-10-16)11-12-20-19(25)17-5-3-4-6-18(17)24-13-21-22-23-24/h3-10,13-14H,11-12H2,1-2H3,(H,20,25). The van der Waals surface area contributed by atoms with Gasteiger partial charge >= 0.3 is 0 Å². The number of amides is 1. The van der Waals surface area contributed by atoms with Gasteiger partial charge in [-0.2, -0.15) is 4.68 Å². The van der Waals surface area contributed by atoms with Crippen LogP contribution in [0.5, 0.6) is 5.75 Å². The number of nitrogens with one attached hydrogen (secondary N) is 1. The summed E-state index contributed by atoms with van der Waals surface area (Å²) in [5.74, 6) is 0.694. The molecule has 1 aromatic heterocycles. The molecule has 3 rings (SSSR count). The molecule has 0 fully saturated rings. The second kappa shape index (κ2) is 8.24. The number of benzene rings is 2. The predicted octanol–water partition coefficient (Wildman–Crippen LogP) is 2.42. The summed E-state index contributed by atoms with van der Waals surface area (Å²) in [6, 6.07) is 15.1. The summed E-state index contributed by atoms with van der Waals surface area (Å²) in [7, 11) is 0. The van der Waals surface area contributed by atoms with Crippen molar-refractivity contribution in [1.82, 2.24) is 25.5 Å². The van der Waals surface area contributed by atoms with Crippen LogP contribution in [0.3, 0.4) is 0 Å². The lowest BCUT2D eigenvalue weighted by Gasteiger charge is -2.11. The lowest BCUT2D eigenvalue weighted by molar-refractivity contribution is 0.0954. The minimum Gasteiger partial charge on any atom is -0.491 e. The number of hydrogen-bond donors (Lipinski definition) is 1. The Kier molecular flexibility index (Phi) is 5.58. The van der Waals surface area contributed by atoms with Crippen molar-refractivity contribution in [3.63, 3.8) is 0 Å². The Balaban J connectivity index is 1.58. The maximum Gasteiger partial charge on any atom is 0.253 e. The molecule has 1 heterocycles. The molecule has 1 N–H and O–H groups in total. The van der Waals surface area contributed by atoms with Gasteiger partial charge < -0.3 is 10.1 Å². The maximum absolute atomic E-state index is 12.5. The van der Waals surface area contributed by atoms with E-state index in [2.05, 4.69) is 20.8 Å². The molecule has 7 nitrogen and oxygen atoms in total. The van der Waals surface area contributed by atoms with Gasteiger partial charge in [-0.25, -0.2) is 0 Å². The molecule has 0 unspecified atom stereocenters. The third kappa shape index (κ3) is 4.44. The van der Waals surface area contributed by atoms with E-state index in [0.29, 0.717) is 17.8 Å². The first-order valence-electron chi connectivity index (χ1n) is 8.49. The summed E-state index contributed by atoms with van der Waals surface area (Å²) in [4.78, 5) is 12.5. The number of nitrogens with zero attached hydrogens (tertiary/aromatic N) is 4. The highest BCUT2D eigenvalue weighted by Gasteiger charge is 2.12. The number of para-hydroxylation sites is 1. The third-order valence-corrected chi connectivity index (χ3v) is 3.74. The Morgan fingerprint density at radius 2 is 1.92 bits per heavy atom. The molecule has 1 amide bonds. The van der Waals surface area contributed by atoms with Gasteiger partial charge in [-0.3, -0.25) is 4.79 Å². The largest absolute Gasteiger partial charge is 0.491 e. The first-order chi connectivity index (χ1) is 12.6. The normalized spacial score (nSPS) is 10.7. The Morgan fingerprint density at radius 3 is 2.62 bits per heavy atom. The van der Waals surface area contributed by atoms with Crippen molar-refractivity contribution in [2.45, 2.75) is 26.4 Å². The first kappa shape index (κ1) is 17.6. The van der Waals surface area contributed by atoms with Crippen molar-refractivity contribution < 1.29 is 9.53 Å². The van der Waals surface area contributed by atoms with Gasteiger partial charge in [-0.15, -0.1) is 5.10 Å². The highest BCUT2D eigenvalue weighted by Crippen LogP contribution is 2.15. The molecule has 0 saturated heterocycles. The van der Waals surface area contributed by atoms with Crippen molar-refractivity contribution in [1.29, 1.82) is 0 Å². The zero-order chi connectivity index (χ0) is 18.4. The Labute approximate surface area is 152 Å². The third-order valence-electron chi connectivity index (χ3n) is 3.74. The number of tetrazole rings is 1. The molecule has 0 aliphatic heterocycles. The van der Waals surface area contributed by atoms with Crippen LogP contribution < -0.4 is 10.1 Å². The average molecular weight is 351 g/mol. The number of carbonyl (C=O) groups is 1. The quantitative estimate of drug-likeness (QED) is 0.707. The highest BCUT2D eigenvalue weighted by molar-refractivity contribution is 5.97.